The first-order valence-electron chi connectivity index (χ1n) is 5.42. The zero-order valence-corrected chi connectivity index (χ0v) is 10.8. The average molecular weight is 273 g/mol. The van der Waals surface area contributed by atoms with E-state index >= 15 is 0 Å². The normalized spacial score (nSPS) is 16.6. The summed E-state index contributed by atoms with van der Waals surface area (Å²) in [6.45, 7) is 0.574. The van der Waals surface area contributed by atoms with E-state index in [-0.39, 0.29) is 11.3 Å². The minimum Gasteiger partial charge on any atom is -0.493 e. The Bertz CT molecular complexity index is 444. The number of nitrogens with two attached hydrogens (primary N) is 1. The Morgan fingerprint density at radius 1 is 1.35 bits per heavy atom. The molecule has 0 heterocycles. The van der Waals surface area contributed by atoms with E-state index in [2.05, 4.69) is 0 Å². The van der Waals surface area contributed by atoms with E-state index in [1.54, 1.807) is 18.2 Å². The lowest BCUT2D eigenvalue weighted by Gasteiger charge is -2.15. The lowest BCUT2D eigenvalue weighted by atomic mass is 10.0. The highest BCUT2D eigenvalue weighted by molar-refractivity contribution is 6.42. The second-order valence-corrected chi connectivity index (χ2v) is 5.38. The monoisotopic (exact) mass is 272 g/mol. The summed E-state index contributed by atoms with van der Waals surface area (Å²) in [7, 11) is 0. The molecule has 1 aliphatic carbocycles. The molecule has 0 unspecified atom stereocenters. The van der Waals surface area contributed by atoms with Crippen molar-refractivity contribution >= 4 is 29.0 Å². The fourth-order valence-electron chi connectivity index (χ4n) is 1.76. The van der Waals surface area contributed by atoms with Gasteiger partial charge in [-0.2, -0.15) is 0 Å². The highest BCUT2D eigenvalue weighted by Crippen LogP contribution is 2.49. The summed E-state index contributed by atoms with van der Waals surface area (Å²) < 4.78 is 5.67. The summed E-state index contributed by atoms with van der Waals surface area (Å²) in [4.78, 5) is 0. The Hall–Kier alpha value is -0.930. The van der Waals surface area contributed by atoms with Crippen molar-refractivity contribution in [1.82, 2.24) is 0 Å². The van der Waals surface area contributed by atoms with Crippen LogP contribution < -0.4 is 10.5 Å². The van der Waals surface area contributed by atoms with Crippen LogP contribution in [0.1, 0.15) is 19.3 Å². The zero-order chi connectivity index (χ0) is 12.5. The van der Waals surface area contributed by atoms with Gasteiger partial charge in [-0.1, -0.05) is 23.2 Å². The number of hydrogen-bond acceptors (Lipinski definition) is 2. The van der Waals surface area contributed by atoms with Crippen LogP contribution in [-0.4, -0.2) is 12.4 Å². The lowest BCUT2D eigenvalue weighted by molar-refractivity contribution is 0.238. The topological polar surface area (TPSA) is 59.1 Å². The second kappa shape index (κ2) is 4.75. The zero-order valence-electron chi connectivity index (χ0n) is 9.30. The summed E-state index contributed by atoms with van der Waals surface area (Å²) in [5.74, 6) is 0.925. The minimum absolute atomic E-state index is 0.0674. The van der Waals surface area contributed by atoms with Gasteiger partial charge in [-0.15, -0.1) is 0 Å². The molecule has 1 aromatic carbocycles. The van der Waals surface area contributed by atoms with Gasteiger partial charge in [0.15, 0.2) is 0 Å². The molecule has 0 radical (unpaired) electrons. The Balaban J connectivity index is 1.94. The van der Waals surface area contributed by atoms with Crippen LogP contribution in [0.15, 0.2) is 18.2 Å². The molecule has 3 N–H and O–H groups in total. The first-order valence-corrected chi connectivity index (χ1v) is 6.17. The smallest absolute Gasteiger partial charge is 0.120 e. The Kier molecular flexibility index (Phi) is 3.50. The maximum Gasteiger partial charge on any atom is 0.120 e. The molecular formula is C12H14Cl2N2O. The van der Waals surface area contributed by atoms with Crippen molar-refractivity contribution in [1.29, 1.82) is 5.41 Å². The van der Waals surface area contributed by atoms with Crippen LogP contribution in [0.4, 0.5) is 0 Å². The van der Waals surface area contributed by atoms with Gasteiger partial charge in [-0.25, -0.2) is 0 Å². The molecule has 0 bridgehead atoms. The standard InChI is InChI=1S/C12H14Cl2N2O/c13-9-2-1-8(5-10(9)14)17-7-12(3-4-12)6-11(15)16/h1-2,5H,3-4,6-7H2,(H3,15,16). The van der Waals surface area contributed by atoms with Crippen LogP contribution in [0.3, 0.4) is 0 Å². The van der Waals surface area contributed by atoms with Crippen molar-refractivity contribution in [3.63, 3.8) is 0 Å². The van der Waals surface area contributed by atoms with E-state index < -0.39 is 0 Å². The highest BCUT2D eigenvalue weighted by atomic mass is 35.5. The molecule has 1 fully saturated rings. The van der Waals surface area contributed by atoms with Crippen LogP contribution >= 0.6 is 23.2 Å². The third kappa shape index (κ3) is 3.27. The van der Waals surface area contributed by atoms with Crippen molar-refractivity contribution < 1.29 is 4.74 Å². The van der Waals surface area contributed by atoms with Gasteiger partial charge < -0.3 is 10.5 Å². The number of hydrogen-bond donors (Lipinski definition) is 2. The maximum atomic E-state index is 7.32. The van der Waals surface area contributed by atoms with Crippen LogP contribution in [0.25, 0.3) is 0 Å². The average Bonchev–Trinajstić information content (AvgIpc) is 2.99. The number of rotatable bonds is 5. The van der Waals surface area contributed by atoms with Gasteiger partial charge in [0.25, 0.3) is 0 Å². The highest BCUT2D eigenvalue weighted by Gasteiger charge is 2.43. The third-order valence-electron chi connectivity index (χ3n) is 2.96. The molecular weight excluding hydrogens is 259 g/mol. The predicted molar refractivity (Wildman–Crippen MR) is 70.2 cm³/mol. The number of nitrogens with one attached hydrogen (secondary N) is 1. The van der Waals surface area contributed by atoms with Crippen molar-refractivity contribution in [3.05, 3.63) is 28.2 Å². The van der Waals surface area contributed by atoms with Crippen molar-refractivity contribution in [2.45, 2.75) is 19.3 Å². The Morgan fingerprint density at radius 3 is 2.59 bits per heavy atom. The van der Waals surface area contributed by atoms with Gasteiger partial charge in [0.05, 0.1) is 22.5 Å². The SMILES string of the molecule is N=C(N)CC1(COc2ccc(Cl)c(Cl)c2)CC1. The Morgan fingerprint density at radius 2 is 2.06 bits per heavy atom. The van der Waals surface area contributed by atoms with Gasteiger partial charge in [0.2, 0.25) is 0 Å². The van der Waals surface area contributed by atoms with Gasteiger partial charge in [0, 0.05) is 17.9 Å². The van der Waals surface area contributed by atoms with E-state index in [1.807, 2.05) is 0 Å². The quantitative estimate of drug-likeness (QED) is 0.637. The van der Waals surface area contributed by atoms with Crippen LogP contribution in [0.2, 0.25) is 10.0 Å². The molecule has 1 aliphatic rings. The summed E-state index contributed by atoms with van der Waals surface area (Å²) >= 11 is 11.7. The van der Waals surface area contributed by atoms with Crippen LogP contribution in [0.5, 0.6) is 5.75 Å². The Labute approximate surface area is 110 Å². The second-order valence-electron chi connectivity index (χ2n) is 4.57. The first-order chi connectivity index (χ1) is 8.01. The fraction of sp³-hybridized carbons (Fsp3) is 0.417. The molecule has 1 aromatic rings. The summed E-state index contributed by atoms with van der Waals surface area (Å²) in [6, 6.07) is 5.20. The molecule has 17 heavy (non-hydrogen) atoms. The molecule has 2 rings (SSSR count). The molecule has 0 amide bonds. The fourth-order valence-corrected chi connectivity index (χ4v) is 2.04. The number of halogens is 2. The van der Waals surface area contributed by atoms with E-state index in [0.717, 1.165) is 12.8 Å². The third-order valence-corrected chi connectivity index (χ3v) is 3.70. The molecule has 3 nitrogen and oxygen atoms in total. The largest absolute Gasteiger partial charge is 0.493 e. The van der Waals surface area contributed by atoms with E-state index in [0.29, 0.717) is 28.8 Å². The van der Waals surface area contributed by atoms with Gasteiger partial charge in [-0.3, -0.25) is 5.41 Å². The van der Waals surface area contributed by atoms with E-state index in [1.165, 1.54) is 0 Å². The molecule has 0 spiro atoms. The lowest BCUT2D eigenvalue weighted by Crippen LogP contribution is -2.21. The van der Waals surface area contributed by atoms with Crippen molar-refractivity contribution in [2.75, 3.05) is 6.61 Å². The van der Waals surface area contributed by atoms with Gasteiger partial charge in [-0.05, 0) is 25.0 Å². The van der Waals surface area contributed by atoms with Gasteiger partial charge in [0.1, 0.15) is 5.75 Å². The van der Waals surface area contributed by atoms with Crippen molar-refractivity contribution in [3.8, 4) is 5.75 Å². The summed E-state index contributed by atoms with van der Waals surface area (Å²) in [5, 5.41) is 8.32. The first kappa shape index (κ1) is 12.5. The van der Waals surface area contributed by atoms with Crippen LogP contribution in [-0.2, 0) is 0 Å². The molecule has 0 atom stereocenters. The number of amidine groups is 1. The molecule has 1 saturated carbocycles. The van der Waals surface area contributed by atoms with Gasteiger partial charge >= 0.3 is 0 Å². The minimum atomic E-state index is 0.0674. The predicted octanol–water partition coefficient (Wildman–Crippen LogP) is 3.48. The molecule has 0 aromatic heterocycles. The molecule has 0 saturated heterocycles. The molecule has 92 valence electrons. The number of benzene rings is 1. The molecule has 0 aliphatic heterocycles. The molecule has 5 heteroatoms. The number of ether oxygens (including phenoxy) is 1. The summed E-state index contributed by atoms with van der Waals surface area (Å²) in [6.07, 6.45) is 2.73. The van der Waals surface area contributed by atoms with Crippen LogP contribution in [0, 0.1) is 10.8 Å². The van der Waals surface area contributed by atoms with Crippen molar-refractivity contribution in [2.24, 2.45) is 11.1 Å². The summed E-state index contributed by atoms with van der Waals surface area (Å²) in [5.41, 5.74) is 5.49. The van der Waals surface area contributed by atoms with E-state index in [4.69, 9.17) is 39.1 Å². The maximum absolute atomic E-state index is 7.32. The van der Waals surface area contributed by atoms with E-state index in [9.17, 15) is 0 Å².